The van der Waals surface area contributed by atoms with Gasteiger partial charge in [0, 0.05) is 25.7 Å². The van der Waals surface area contributed by atoms with Gasteiger partial charge in [0.1, 0.15) is 0 Å². The third kappa shape index (κ3) is 4.12. The lowest BCUT2D eigenvalue weighted by molar-refractivity contribution is -0.125. The van der Waals surface area contributed by atoms with E-state index in [0.717, 1.165) is 45.4 Å². The number of amides is 1. The lowest BCUT2D eigenvalue weighted by Crippen LogP contribution is -2.41. The number of rotatable bonds is 5. The maximum atomic E-state index is 11.8. The summed E-state index contributed by atoms with van der Waals surface area (Å²) >= 11 is 0. The lowest BCUT2D eigenvalue weighted by atomic mass is 9.82. The third-order valence-corrected chi connectivity index (χ3v) is 3.56. The summed E-state index contributed by atoms with van der Waals surface area (Å²) in [6.07, 6.45) is 4.15. The van der Waals surface area contributed by atoms with E-state index in [4.69, 9.17) is 4.74 Å². The molecule has 1 unspecified atom stereocenters. The Morgan fingerprint density at radius 2 is 2.06 bits per heavy atom. The highest BCUT2D eigenvalue weighted by atomic mass is 16.5. The predicted molar refractivity (Wildman–Crippen MR) is 65.2 cm³/mol. The fraction of sp³-hybridized carbons (Fsp3) is 0.923. The third-order valence-electron chi connectivity index (χ3n) is 3.56. The van der Waals surface area contributed by atoms with Crippen LogP contribution in [0.25, 0.3) is 0 Å². The van der Waals surface area contributed by atoms with Crippen molar-refractivity contribution in [3.8, 4) is 0 Å². The van der Waals surface area contributed by atoms with Crippen LogP contribution in [0, 0.1) is 11.3 Å². The summed E-state index contributed by atoms with van der Waals surface area (Å²) < 4.78 is 5.35. The van der Waals surface area contributed by atoms with Crippen LogP contribution in [0.5, 0.6) is 0 Å². The zero-order valence-corrected chi connectivity index (χ0v) is 10.8. The molecule has 0 radical (unpaired) electrons. The van der Waals surface area contributed by atoms with Gasteiger partial charge < -0.3 is 10.1 Å². The minimum Gasteiger partial charge on any atom is -0.381 e. The van der Waals surface area contributed by atoms with Crippen LogP contribution in [0.4, 0.5) is 0 Å². The van der Waals surface area contributed by atoms with Gasteiger partial charge in [-0.05, 0) is 24.7 Å². The van der Waals surface area contributed by atoms with Gasteiger partial charge in [-0.1, -0.05) is 27.2 Å². The molecule has 1 rings (SSSR count). The van der Waals surface area contributed by atoms with E-state index in [0.29, 0.717) is 0 Å². The van der Waals surface area contributed by atoms with Crippen molar-refractivity contribution in [1.29, 1.82) is 0 Å². The van der Waals surface area contributed by atoms with Crippen LogP contribution >= 0.6 is 0 Å². The van der Waals surface area contributed by atoms with E-state index in [1.807, 2.05) is 6.92 Å². The number of carbonyl (C=O) groups is 1. The molecule has 3 nitrogen and oxygen atoms in total. The van der Waals surface area contributed by atoms with Crippen LogP contribution in [-0.2, 0) is 9.53 Å². The Bertz CT molecular complexity index is 222. The van der Waals surface area contributed by atoms with E-state index in [1.165, 1.54) is 0 Å². The molecule has 0 aliphatic carbocycles. The fourth-order valence-corrected chi connectivity index (χ4v) is 2.08. The van der Waals surface area contributed by atoms with Crippen LogP contribution in [0.15, 0.2) is 0 Å². The van der Waals surface area contributed by atoms with Crippen LogP contribution in [0.3, 0.4) is 0 Å². The summed E-state index contributed by atoms with van der Waals surface area (Å²) in [5.74, 6) is 0.350. The molecule has 1 fully saturated rings. The summed E-state index contributed by atoms with van der Waals surface area (Å²) in [5.41, 5.74) is 0.236. The van der Waals surface area contributed by atoms with Gasteiger partial charge in [-0.15, -0.1) is 0 Å². The summed E-state index contributed by atoms with van der Waals surface area (Å²) in [6.45, 7) is 8.81. The molecule has 1 amide bonds. The van der Waals surface area contributed by atoms with Gasteiger partial charge in [0.25, 0.3) is 0 Å². The molecule has 0 spiro atoms. The zero-order valence-electron chi connectivity index (χ0n) is 10.8. The van der Waals surface area contributed by atoms with Crippen molar-refractivity contribution in [2.24, 2.45) is 11.3 Å². The van der Waals surface area contributed by atoms with Crippen molar-refractivity contribution in [1.82, 2.24) is 5.32 Å². The minimum absolute atomic E-state index is 0.147. The van der Waals surface area contributed by atoms with Crippen LogP contribution in [0.1, 0.15) is 46.5 Å². The molecule has 0 bridgehead atoms. The van der Waals surface area contributed by atoms with Crippen molar-refractivity contribution in [3.63, 3.8) is 0 Å². The number of nitrogens with one attached hydrogen (secondary N) is 1. The van der Waals surface area contributed by atoms with E-state index in [2.05, 4.69) is 19.2 Å². The largest absolute Gasteiger partial charge is 0.381 e. The second-order valence-corrected chi connectivity index (χ2v) is 5.33. The number of ether oxygens (including phenoxy) is 1. The number of hydrogen-bond donors (Lipinski definition) is 1. The van der Waals surface area contributed by atoms with E-state index in [9.17, 15) is 4.79 Å². The normalized spacial score (nSPS) is 21.4. The molecule has 1 aliphatic heterocycles. The van der Waals surface area contributed by atoms with Crippen LogP contribution < -0.4 is 5.32 Å². The van der Waals surface area contributed by atoms with Crippen molar-refractivity contribution in [2.45, 2.75) is 46.5 Å². The monoisotopic (exact) mass is 227 g/mol. The Labute approximate surface area is 98.9 Å². The van der Waals surface area contributed by atoms with Gasteiger partial charge in [0.05, 0.1) is 0 Å². The molecule has 0 aromatic rings. The molecule has 16 heavy (non-hydrogen) atoms. The second-order valence-electron chi connectivity index (χ2n) is 5.33. The summed E-state index contributed by atoms with van der Waals surface area (Å²) in [5, 5.41) is 3.08. The Morgan fingerprint density at radius 3 is 2.62 bits per heavy atom. The second kappa shape index (κ2) is 6.24. The first-order chi connectivity index (χ1) is 7.57. The Hall–Kier alpha value is -0.570. The lowest BCUT2D eigenvalue weighted by Gasteiger charge is -2.33. The van der Waals surface area contributed by atoms with Crippen LogP contribution in [0.2, 0.25) is 0 Å². The molecule has 1 N–H and O–H groups in total. The summed E-state index contributed by atoms with van der Waals surface area (Å²) in [6, 6.07) is 0. The number of hydrogen-bond acceptors (Lipinski definition) is 2. The first-order valence-electron chi connectivity index (χ1n) is 6.43. The summed E-state index contributed by atoms with van der Waals surface area (Å²) in [7, 11) is 0. The smallest absolute Gasteiger partial charge is 0.222 e. The summed E-state index contributed by atoms with van der Waals surface area (Å²) in [4.78, 5) is 11.8. The maximum Gasteiger partial charge on any atom is 0.222 e. The predicted octanol–water partition coefficient (Wildman–Crippen LogP) is 2.36. The SMILES string of the molecule is CCCC(C)C(=O)NCC1(C)CCOCC1. The van der Waals surface area contributed by atoms with Gasteiger partial charge in [0.15, 0.2) is 0 Å². The zero-order chi connectivity index (χ0) is 12.0. The van der Waals surface area contributed by atoms with Gasteiger partial charge in [0.2, 0.25) is 5.91 Å². The standard InChI is InChI=1S/C13H25NO2/c1-4-5-11(2)12(15)14-10-13(3)6-8-16-9-7-13/h11H,4-10H2,1-3H3,(H,14,15). The highest BCUT2D eigenvalue weighted by Crippen LogP contribution is 2.28. The van der Waals surface area contributed by atoms with Crippen molar-refractivity contribution < 1.29 is 9.53 Å². The van der Waals surface area contributed by atoms with E-state index in [-0.39, 0.29) is 17.2 Å². The van der Waals surface area contributed by atoms with Crippen molar-refractivity contribution in [2.75, 3.05) is 19.8 Å². The van der Waals surface area contributed by atoms with Gasteiger partial charge >= 0.3 is 0 Å². The molecule has 0 aromatic heterocycles. The van der Waals surface area contributed by atoms with Crippen molar-refractivity contribution >= 4 is 5.91 Å². The van der Waals surface area contributed by atoms with Crippen LogP contribution in [-0.4, -0.2) is 25.7 Å². The maximum absolute atomic E-state index is 11.8. The first-order valence-corrected chi connectivity index (χ1v) is 6.43. The average Bonchev–Trinajstić information content (AvgIpc) is 2.27. The Balaban J connectivity index is 2.29. The highest BCUT2D eigenvalue weighted by molar-refractivity contribution is 5.78. The molecular weight excluding hydrogens is 202 g/mol. The van der Waals surface area contributed by atoms with E-state index >= 15 is 0 Å². The molecule has 94 valence electrons. The molecule has 1 atom stereocenters. The van der Waals surface area contributed by atoms with Crippen molar-refractivity contribution in [3.05, 3.63) is 0 Å². The molecule has 3 heteroatoms. The molecule has 1 saturated heterocycles. The average molecular weight is 227 g/mol. The van der Waals surface area contributed by atoms with Gasteiger partial charge in [-0.3, -0.25) is 4.79 Å². The first kappa shape index (κ1) is 13.5. The Morgan fingerprint density at radius 1 is 1.44 bits per heavy atom. The molecule has 0 aromatic carbocycles. The molecule has 1 aliphatic rings. The van der Waals surface area contributed by atoms with Gasteiger partial charge in [-0.25, -0.2) is 0 Å². The van der Waals surface area contributed by atoms with E-state index < -0.39 is 0 Å². The molecule has 1 heterocycles. The highest BCUT2D eigenvalue weighted by Gasteiger charge is 2.28. The Kier molecular flexibility index (Phi) is 5.26. The quantitative estimate of drug-likeness (QED) is 0.783. The topological polar surface area (TPSA) is 38.3 Å². The fourth-order valence-electron chi connectivity index (χ4n) is 2.08. The van der Waals surface area contributed by atoms with Gasteiger partial charge in [-0.2, -0.15) is 0 Å². The minimum atomic E-state index is 0.147. The molecular formula is C13H25NO2. The number of carbonyl (C=O) groups excluding carboxylic acids is 1. The molecule has 0 saturated carbocycles. The van der Waals surface area contributed by atoms with E-state index in [1.54, 1.807) is 0 Å².